The summed E-state index contributed by atoms with van der Waals surface area (Å²) in [5, 5.41) is 14.1. The number of carboxylic acids is 1. The number of benzene rings is 1. The fraction of sp³-hybridized carbons (Fsp3) is 0.200. The van der Waals surface area contributed by atoms with Crippen LogP contribution in [0.25, 0.3) is 10.9 Å². The molecular formula is C15H15N3O2. The molecule has 2 aromatic heterocycles. The van der Waals surface area contributed by atoms with Gasteiger partial charge in [0.15, 0.2) is 0 Å². The molecule has 20 heavy (non-hydrogen) atoms. The van der Waals surface area contributed by atoms with E-state index in [0.29, 0.717) is 5.56 Å². The van der Waals surface area contributed by atoms with Crippen molar-refractivity contribution in [3.8, 4) is 0 Å². The van der Waals surface area contributed by atoms with Crippen LogP contribution in [-0.4, -0.2) is 25.4 Å². The number of aromatic carboxylic acids is 1. The van der Waals surface area contributed by atoms with Crippen molar-refractivity contribution in [3.05, 3.63) is 54.0 Å². The van der Waals surface area contributed by atoms with Crippen molar-refractivity contribution in [2.75, 3.05) is 0 Å². The van der Waals surface area contributed by atoms with Gasteiger partial charge in [-0.1, -0.05) is 0 Å². The summed E-state index contributed by atoms with van der Waals surface area (Å²) in [6.07, 6.45) is 4.68. The van der Waals surface area contributed by atoms with Crippen molar-refractivity contribution in [3.63, 3.8) is 0 Å². The highest BCUT2D eigenvalue weighted by molar-refractivity contribution is 5.93. The van der Waals surface area contributed by atoms with Gasteiger partial charge in [0, 0.05) is 49.0 Å². The zero-order valence-corrected chi connectivity index (χ0v) is 11.2. The third-order valence-corrected chi connectivity index (χ3v) is 3.55. The lowest BCUT2D eigenvalue weighted by Crippen LogP contribution is -2.04. The molecule has 0 radical (unpaired) electrons. The first-order valence-corrected chi connectivity index (χ1v) is 6.44. The van der Waals surface area contributed by atoms with Gasteiger partial charge in [0.25, 0.3) is 0 Å². The molecule has 0 aliphatic carbocycles. The average molecular weight is 269 g/mol. The minimum Gasteiger partial charge on any atom is -0.478 e. The Labute approximate surface area is 116 Å². The fourth-order valence-electron chi connectivity index (χ4n) is 2.41. The second-order valence-corrected chi connectivity index (χ2v) is 4.78. The quantitative estimate of drug-likeness (QED) is 0.790. The molecule has 0 amide bonds. The number of nitrogens with zero attached hydrogens (tertiary/aromatic N) is 3. The van der Waals surface area contributed by atoms with E-state index >= 15 is 0 Å². The minimum atomic E-state index is -0.894. The molecule has 0 saturated carbocycles. The van der Waals surface area contributed by atoms with Gasteiger partial charge in [-0.25, -0.2) is 4.79 Å². The van der Waals surface area contributed by atoms with E-state index in [1.807, 2.05) is 36.1 Å². The van der Waals surface area contributed by atoms with Crippen molar-refractivity contribution in [2.45, 2.75) is 13.0 Å². The number of hydrogen-bond acceptors (Lipinski definition) is 2. The normalized spacial score (nSPS) is 11.1. The summed E-state index contributed by atoms with van der Waals surface area (Å²) in [5.74, 6) is -0.894. The lowest BCUT2D eigenvalue weighted by Gasteiger charge is -2.06. The van der Waals surface area contributed by atoms with E-state index in [1.54, 1.807) is 18.3 Å². The van der Waals surface area contributed by atoms with Crippen molar-refractivity contribution < 1.29 is 9.90 Å². The van der Waals surface area contributed by atoms with Crippen LogP contribution in [0.3, 0.4) is 0 Å². The predicted molar refractivity (Wildman–Crippen MR) is 75.8 cm³/mol. The lowest BCUT2D eigenvalue weighted by atomic mass is 10.1. The SMILES string of the molecule is Cn1nccc1CCn1ccc2cc(C(=O)O)ccc21. The summed E-state index contributed by atoms with van der Waals surface area (Å²) in [6, 6.07) is 9.17. The van der Waals surface area contributed by atoms with E-state index in [9.17, 15) is 4.79 Å². The molecule has 0 aliphatic rings. The van der Waals surface area contributed by atoms with Gasteiger partial charge < -0.3 is 9.67 Å². The molecule has 5 heteroatoms. The third-order valence-electron chi connectivity index (χ3n) is 3.55. The molecule has 1 aromatic carbocycles. The molecule has 0 bridgehead atoms. The van der Waals surface area contributed by atoms with Crippen molar-refractivity contribution in [1.29, 1.82) is 0 Å². The molecule has 5 nitrogen and oxygen atoms in total. The van der Waals surface area contributed by atoms with Crippen LogP contribution >= 0.6 is 0 Å². The first-order chi connectivity index (χ1) is 9.65. The zero-order valence-electron chi connectivity index (χ0n) is 11.2. The molecule has 0 fully saturated rings. The molecule has 0 spiro atoms. The van der Waals surface area contributed by atoms with E-state index in [2.05, 4.69) is 9.67 Å². The lowest BCUT2D eigenvalue weighted by molar-refractivity contribution is 0.0697. The van der Waals surface area contributed by atoms with Gasteiger partial charge in [-0.3, -0.25) is 4.68 Å². The van der Waals surface area contributed by atoms with E-state index in [-0.39, 0.29) is 0 Å². The van der Waals surface area contributed by atoms with Crippen molar-refractivity contribution >= 4 is 16.9 Å². The van der Waals surface area contributed by atoms with Gasteiger partial charge in [0.1, 0.15) is 0 Å². The molecular weight excluding hydrogens is 254 g/mol. The molecule has 1 N–H and O–H groups in total. The van der Waals surface area contributed by atoms with Crippen LogP contribution in [0.1, 0.15) is 16.1 Å². The van der Waals surface area contributed by atoms with Gasteiger partial charge in [0.2, 0.25) is 0 Å². The second-order valence-electron chi connectivity index (χ2n) is 4.78. The molecule has 0 saturated heterocycles. The summed E-state index contributed by atoms with van der Waals surface area (Å²) in [6.45, 7) is 0.843. The first kappa shape index (κ1) is 12.5. The second kappa shape index (κ2) is 4.85. The number of hydrogen-bond donors (Lipinski definition) is 1. The molecule has 0 aliphatic heterocycles. The van der Waals surface area contributed by atoms with Crippen LogP contribution in [0.4, 0.5) is 0 Å². The number of carbonyl (C=O) groups is 1. The summed E-state index contributed by atoms with van der Waals surface area (Å²) in [7, 11) is 1.93. The Morgan fingerprint density at radius 2 is 2.15 bits per heavy atom. The Morgan fingerprint density at radius 1 is 1.30 bits per heavy atom. The topological polar surface area (TPSA) is 60.0 Å². The Morgan fingerprint density at radius 3 is 2.85 bits per heavy atom. The van der Waals surface area contributed by atoms with E-state index < -0.39 is 5.97 Å². The predicted octanol–water partition coefficient (Wildman–Crippen LogP) is 2.32. The van der Waals surface area contributed by atoms with Crippen LogP contribution in [0, 0.1) is 0 Å². The smallest absolute Gasteiger partial charge is 0.335 e. The highest BCUT2D eigenvalue weighted by Crippen LogP contribution is 2.18. The van der Waals surface area contributed by atoms with Crippen LogP contribution in [0.5, 0.6) is 0 Å². The number of aryl methyl sites for hydroxylation is 3. The maximum atomic E-state index is 11.0. The Kier molecular flexibility index (Phi) is 3.02. The van der Waals surface area contributed by atoms with Crippen LogP contribution in [-0.2, 0) is 20.0 Å². The van der Waals surface area contributed by atoms with E-state index in [0.717, 1.165) is 23.9 Å². The van der Waals surface area contributed by atoms with Gasteiger partial charge in [-0.15, -0.1) is 0 Å². The van der Waals surface area contributed by atoms with Gasteiger partial charge in [-0.2, -0.15) is 5.10 Å². The van der Waals surface area contributed by atoms with Crippen molar-refractivity contribution in [1.82, 2.24) is 14.3 Å². The van der Waals surface area contributed by atoms with Crippen LogP contribution < -0.4 is 0 Å². The van der Waals surface area contributed by atoms with Crippen molar-refractivity contribution in [2.24, 2.45) is 7.05 Å². The van der Waals surface area contributed by atoms with E-state index in [1.165, 1.54) is 5.69 Å². The fourth-order valence-corrected chi connectivity index (χ4v) is 2.41. The zero-order chi connectivity index (χ0) is 14.1. The Hall–Kier alpha value is -2.56. The molecule has 2 heterocycles. The van der Waals surface area contributed by atoms with Gasteiger partial charge >= 0.3 is 5.97 Å². The highest BCUT2D eigenvalue weighted by Gasteiger charge is 2.07. The number of aromatic nitrogens is 3. The minimum absolute atomic E-state index is 0.321. The van der Waals surface area contributed by atoms with Crippen LogP contribution in [0.2, 0.25) is 0 Å². The van der Waals surface area contributed by atoms with Crippen LogP contribution in [0.15, 0.2) is 42.7 Å². The Bertz CT molecular complexity index is 770. The van der Waals surface area contributed by atoms with Gasteiger partial charge in [-0.05, 0) is 30.3 Å². The molecule has 3 aromatic rings. The summed E-state index contributed by atoms with van der Waals surface area (Å²) >= 11 is 0. The van der Waals surface area contributed by atoms with Gasteiger partial charge in [0.05, 0.1) is 5.56 Å². The number of carboxylic acid groups (broad SMARTS) is 1. The highest BCUT2D eigenvalue weighted by atomic mass is 16.4. The maximum absolute atomic E-state index is 11.0. The largest absolute Gasteiger partial charge is 0.478 e. The third kappa shape index (κ3) is 2.18. The monoisotopic (exact) mass is 269 g/mol. The molecule has 0 unspecified atom stereocenters. The maximum Gasteiger partial charge on any atom is 0.335 e. The standard InChI is InChI=1S/C15H15N3O2/c1-17-13(4-7-16-17)6-9-18-8-5-11-10-12(15(19)20)2-3-14(11)18/h2-5,7-8,10H,6,9H2,1H3,(H,19,20). The van der Waals surface area contributed by atoms with E-state index in [4.69, 9.17) is 5.11 Å². The number of fused-ring (bicyclic) bond motifs is 1. The average Bonchev–Trinajstić information content (AvgIpc) is 3.02. The first-order valence-electron chi connectivity index (χ1n) is 6.44. The Balaban J connectivity index is 1.85. The number of rotatable bonds is 4. The summed E-state index contributed by atoms with van der Waals surface area (Å²) in [4.78, 5) is 11.0. The summed E-state index contributed by atoms with van der Waals surface area (Å²) in [5.41, 5.74) is 2.55. The molecule has 3 rings (SSSR count). The molecule has 0 atom stereocenters. The summed E-state index contributed by atoms with van der Waals surface area (Å²) < 4.78 is 4.00. The molecule has 102 valence electrons.